The number of anilines is 1. The largest absolute Gasteiger partial charge is 0.453 e. The Morgan fingerprint density at radius 3 is 2.87 bits per heavy atom. The van der Waals surface area contributed by atoms with E-state index < -0.39 is 0 Å². The summed E-state index contributed by atoms with van der Waals surface area (Å²) in [5.74, 6) is 1.26. The summed E-state index contributed by atoms with van der Waals surface area (Å²) in [4.78, 5) is 12.5. The smallest absolute Gasteiger partial charge is 0.234 e. The number of carbonyl (C=O) groups is 1. The van der Waals surface area contributed by atoms with E-state index in [4.69, 9.17) is 16.0 Å². The van der Waals surface area contributed by atoms with Crippen LogP contribution >= 0.6 is 23.4 Å². The van der Waals surface area contributed by atoms with Crippen molar-refractivity contribution in [2.45, 2.75) is 25.5 Å². The van der Waals surface area contributed by atoms with E-state index in [1.54, 1.807) is 12.1 Å². The fourth-order valence-electron chi connectivity index (χ4n) is 3.18. The van der Waals surface area contributed by atoms with E-state index in [0.717, 1.165) is 27.8 Å². The highest BCUT2D eigenvalue weighted by Crippen LogP contribution is 2.31. The lowest BCUT2D eigenvalue weighted by atomic mass is 10.1. The zero-order chi connectivity index (χ0) is 22.0. The molecule has 4 rings (SSSR count). The summed E-state index contributed by atoms with van der Waals surface area (Å²) in [5, 5.41) is 13.7. The maximum atomic E-state index is 12.5. The van der Waals surface area contributed by atoms with Crippen LogP contribution in [-0.2, 0) is 11.3 Å². The Morgan fingerprint density at radius 1 is 1.23 bits per heavy atom. The van der Waals surface area contributed by atoms with Crippen molar-refractivity contribution in [3.8, 4) is 11.6 Å². The van der Waals surface area contributed by atoms with E-state index >= 15 is 0 Å². The first-order chi connectivity index (χ1) is 14.9. The average Bonchev–Trinajstić information content (AvgIpc) is 3.33. The summed E-state index contributed by atoms with van der Waals surface area (Å²) in [5.41, 5.74) is 3.65. The molecular weight excluding hydrogens is 432 g/mol. The molecule has 0 fully saturated rings. The van der Waals surface area contributed by atoms with Crippen molar-refractivity contribution in [3.63, 3.8) is 0 Å². The summed E-state index contributed by atoms with van der Waals surface area (Å²) in [7, 11) is 0. The van der Waals surface area contributed by atoms with Gasteiger partial charge in [0.15, 0.2) is 10.9 Å². The van der Waals surface area contributed by atoms with E-state index in [-0.39, 0.29) is 11.7 Å². The molecule has 1 N–H and O–H groups in total. The molecule has 8 heteroatoms. The Labute approximate surface area is 189 Å². The SMILES string of the molecule is C=CCn1c(SCC(=O)Nc2cc(C)ccc2C)nnc1-c1cc2cc(Cl)ccc2o1. The Morgan fingerprint density at radius 2 is 2.06 bits per heavy atom. The van der Waals surface area contributed by atoms with Gasteiger partial charge in [-0.15, -0.1) is 16.8 Å². The standard InChI is InChI=1S/C23H21ClN4O2S/c1-4-9-28-22(20-12-16-11-17(24)7-8-19(16)30-20)26-27-23(28)31-13-21(29)25-18-10-14(2)5-6-15(18)3/h4-8,10-12H,1,9,13H2,2-3H3,(H,25,29). The van der Waals surface area contributed by atoms with Crippen LogP contribution in [0.3, 0.4) is 0 Å². The number of allylic oxidation sites excluding steroid dienone is 1. The van der Waals surface area contributed by atoms with Gasteiger partial charge in [0, 0.05) is 22.6 Å². The molecule has 0 aliphatic carbocycles. The van der Waals surface area contributed by atoms with Crippen molar-refractivity contribution in [1.82, 2.24) is 14.8 Å². The second-order valence-corrected chi connectivity index (χ2v) is 8.53. The lowest BCUT2D eigenvalue weighted by Gasteiger charge is -2.09. The minimum Gasteiger partial charge on any atom is -0.453 e. The quantitative estimate of drug-likeness (QED) is 0.280. The van der Waals surface area contributed by atoms with Gasteiger partial charge in [0.25, 0.3) is 0 Å². The maximum Gasteiger partial charge on any atom is 0.234 e. The predicted molar refractivity (Wildman–Crippen MR) is 126 cm³/mol. The van der Waals surface area contributed by atoms with Crippen LogP contribution in [0, 0.1) is 13.8 Å². The van der Waals surface area contributed by atoms with Gasteiger partial charge in [-0.1, -0.05) is 41.6 Å². The number of thioether (sulfide) groups is 1. The first-order valence-electron chi connectivity index (χ1n) is 9.68. The number of nitrogens with one attached hydrogen (secondary N) is 1. The van der Waals surface area contributed by atoms with Gasteiger partial charge in [-0.25, -0.2) is 0 Å². The van der Waals surface area contributed by atoms with E-state index in [1.807, 2.05) is 54.8 Å². The average molecular weight is 453 g/mol. The first-order valence-corrected chi connectivity index (χ1v) is 11.0. The summed E-state index contributed by atoms with van der Waals surface area (Å²) in [6.45, 7) is 8.27. The Bertz CT molecular complexity index is 1280. The monoisotopic (exact) mass is 452 g/mol. The molecule has 0 bridgehead atoms. The van der Waals surface area contributed by atoms with Crippen molar-refractivity contribution in [3.05, 3.63) is 71.3 Å². The van der Waals surface area contributed by atoms with Crippen LogP contribution < -0.4 is 5.32 Å². The highest BCUT2D eigenvalue weighted by molar-refractivity contribution is 7.99. The van der Waals surface area contributed by atoms with Crippen LogP contribution in [0.5, 0.6) is 0 Å². The van der Waals surface area contributed by atoms with E-state index in [0.29, 0.717) is 28.3 Å². The third-order valence-electron chi connectivity index (χ3n) is 4.73. The van der Waals surface area contributed by atoms with Crippen LogP contribution in [0.2, 0.25) is 5.02 Å². The van der Waals surface area contributed by atoms with Gasteiger partial charge in [0.05, 0.1) is 5.75 Å². The molecule has 1 amide bonds. The molecule has 0 saturated carbocycles. The normalized spacial score (nSPS) is 11.1. The number of amides is 1. The van der Waals surface area contributed by atoms with Crippen molar-refractivity contribution < 1.29 is 9.21 Å². The molecule has 0 aliphatic rings. The van der Waals surface area contributed by atoms with Crippen LogP contribution in [-0.4, -0.2) is 26.4 Å². The summed E-state index contributed by atoms with van der Waals surface area (Å²) >= 11 is 7.39. The highest BCUT2D eigenvalue weighted by Gasteiger charge is 2.18. The summed E-state index contributed by atoms with van der Waals surface area (Å²) in [6, 6.07) is 13.3. The molecule has 0 aliphatic heterocycles. The minimum absolute atomic E-state index is 0.105. The van der Waals surface area contributed by atoms with E-state index in [9.17, 15) is 4.79 Å². The fraction of sp³-hybridized carbons (Fsp3) is 0.174. The summed E-state index contributed by atoms with van der Waals surface area (Å²) in [6.07, 6.45) is 1.76. The molecule has 6 nitrogen and oxygen atoms in total. The number of halogens is 1. The molecular formula is C23H21ClN4O2S. The maximum absolute atomic E-state index is 12.5. The molecule has 4 aromatic rings. The number of carbonyl (C=O) groups excluding carboxylic acids is 1. The number of aryl methyl sites for hydroxylation is 2. The van der Waals surface area contributed by atoms with Gasteiger partial charge >= 0.3 is 0 Å². The van der Waals surface area contributed by atoms with Crippen LogP contribution in [0.4, 0.5) is 5.69 Å². The van der Waals surface area contributed by atoms with Crippen molar-refractivity contribution in [2.75, 3.05) is 11.1 Å². The van der Waals surface area contributed by atoms with E-state index in [2.05, 4.69) is 22.1 Å². The third kappa shape index (κ3) is 4.68. The number of aromatic nitrogens is 3. The molecule has 0 unspecified atom stereocenters. The summed E-state index contributed by atoms with van der Waals surface area (Å²) < 4.78 is 7.81. The molecule has 0 atom stereocenters. The molecule has 0 radical (unpaired) electrons. The predicted octanol–water partition coefficient (Wildman–Crippen LogP) is 5.88. The van der Waals surface area contributed by atoms with Gasteiger partial charge in [-0.3, -0.25) is 9.36 Å². The zero-order valence-electron chi connectivity index (χ0n) is 17.2. The number of fused-ring (bicyclic) bond motifs is 1. The lowest BCUT2D eigenvalue weighted by Crippen LogP contribution is -2.15. The van der Waals surface area contributed by atoms with Crippen LogP contribution in [0.15, 0.2) is 64.7 Å². The number of hydrogen-bond donors (Lipinski definition) is 1. The molecule has 2 heterocycles. The Hall–Kier alpha value is -3.03. The minimum atomic E-state index is -0.105. The second-order valence-electron chi connectivity index (χ2n) is 7.15. The first kappa shape index (κ1) is 21.2. The van der Waals surface area contributed by atoms with Crippen LogP contribution in [0.1, 0.15) is 11.1 Å². The molecule has 158 valence electrons. The van der Waals surface area contributed by atoms with E-state index in [1.165, 1.54) is 11.8 Å². The van der Waals surface area contributed by atoms with Gasteiger partial charge < -0.3 is 9.73 Å². The number of benzene rings is 2. The number of nitrogens with zero attached hydrogens (tertiary/aromatic N) is 3. The van der Waals surface area contributed by atoms with Gasteiger partial charge in [-0.05, 0) is 55.3 Å². The third-order valence-corrected chi connectivity index (χ3v) is 5.93. The zero-order valence-corrected chi connectivity index (χ0v) is 18.8. The molecule has 2 aromatic heterocycles. The van der Waals surface area contributed by atoms with Gasteiger partial charge in [0.2, 0.25) is 11.7 Å². The number of furan rings is 1. The molecule has 31 heavy (non-hydrogen) atoms. The van der Waals surface area contributed by atoms with Gasteiger partial charge in [-0.2, -0.15) is 0 Å². The topological polar surface area (TPSA) is 73.0 Å². The molecule has 0 spiro atoms. The number of rotatable bonds is 7. The second kappa shape index (κ2) is 8.99. The van der Waals surface area contributed by atoms with Crippen LogP contribution in [0.25, 0.3) is 22.6 Å². The lowest BCUT2D eigenvalue weighted by molar-refractivity contribution is -0.113. The van der Waals surface area contributed by atoms with Crippen molar-refractivity contribution >= 4 is 45.9 Å². The van der Waals surface area contributed by atoms with Crippen molar-refractivity contribution in [1.29, 1.82) is 0 Å². The molecule has 0 saturated heterocycles. The Kier molecular flexibility index (Phi) is 6.15. The number of hydrogen-bond acceptors (Lipinski definition) is 5. The highest BCUT2D eigenvalue weighted by atomic mass is 35.5. The Balaban J connectivity index is 1.53. The molecule has 2 aromatic carbocycles. The fourth-order valence-corrected chi connectivity index (χ4v) is 4.11. The van der Waals surface area contributed by atoms with Gasteiger partial charge in [0.1, 0.15) is 5.58 Å². The van der Waals surface area contributed by atoms with Crippen molar-refractivity contribution in [2.24, 2.45) is 0 Å².